The van der Waals surface area contributed by atoms with Crippen molar-refractivity contribution in [2.24, 2.45) is 0 Å². The van der Waals surface area contributed by atoms with Gasteiger partial charge in [-0.1, -0.05) is 12.1 Å². The molecule has 30 heavy (non-hydrogen) atoms. The number of halogens is 3. The summed E-state index contributed by atoms with van der Waals surface area (Å²) in [5, 5.41) is 4.50. The van der Waals surface area contributed by atoms with Crippen molar-refractivity contribution in [1.82, 2.24) is 9.13 Å². The molecule has 0 radical (unpaired) electrons. The lowest BCUT2D eigenvalue weighted by Gasteiger charge is -2.15. The van der Waals surface area contributed by atoms with Crippen LogP contribution in [0.3, 0.4) is 0 Å². The molecule has 0 saturated heterocycles. The van der Waals surface area contributed by atoms with Gasteiger partial charge in [0.1, 0.15) is 6.54 Å². The number of benzene rings is 2. The SMILES string of the molecule is CCn1c(=O)n(CC(=O)Nc2ccc(NC(C)=O)cc2C(F)(F)F)c2ccccc21. The normalized spacial score (nSPS) is 11.5. The first-order valence-electron chi connectivity index (χ1n) is 9.08. The first kappa shape index (κ1) is 21.2. The van der Waals surface area contributed by atoms with Crippen LogP contribution in [0.5, 0.6) is 0 Å². The van der Waals surface area contributed by atoms with Gasteiger partial charge in [0.2, 0.25) is 11.8 Å². The van der Waals surface area contributed by atoms with E-state index in [4.69, 9.17) is 0 Å². The summed E-state index contributed by atoms with van der Waals surface area (Å²) >= 11 is 0. The quantitative estimate of drug-likeness (QED) is 0.663. The van der Waals surface area contributed by atoms with Gasteiger partial charge in [-0.15, -0.1) is 0 Å². The van der Waals surface area contributed by atoms with Crippen LogP contribution in [-0.4, -0.2) is 20.9 Å². The summed E-state index contributed by atoms with van der Waals surface area (Å²) in [6.07, 6.45) is -4.76. The number of anilines is 2. The minimum atomic E-state index is -4.76. The maximum atomic E-state index is 13.4. The van der Waals surface area contributed by atoms with E-state index in [2.05, 4.69) is 10.6 Å². The Bertz CT molecular complexity index is 1180. The zero-order valence-corrected chi connectivity index (χ0v) is 16.2. The van der Waals surface area contributed by atoms with Crippen LogP contribution in [-0.2, 0) is 28.9 Å². The highest BCUT2D eigenvalue weighted by Gasteiger charge is 2.34. The van der Waals surface area contributed by atoms with E-state index in [0.29, 0.717) is 17.6 Å². The largest absolute Gasteiger partial charge is 0.418 e. The van der Waals surface area contributed by atoms with Crippen LogP contribution >= 0.6 is 0 Å². The van der Waals surface area contributed by atoms with Gasteiger partial charge in [0.25, 0.3) is 0 Å². The monoisotopic (exact) mass is 420 g/mol. The minimum absolute atomic E-state index is 0.0462. The molecule has 0 aliphatic heterocycles. The summed E-state index contributed by atoms with van der Waals surface area (Å²) in [6, 6.07) is 9.91. The Balaban J connectivity index is 1.92. The van der Waals surface area contributed by atoms with E-state index in [1.807, 2.05) is 0 Å². The van der Waals surface area contributed by atoms with E-state index in [9.17, 15) is 27.6 Å². The molecule has 0 aliphatic rings. The Hall–Kier alpha value is -3.56. The number of aryl methyl sites for hydroxylation is 1. The van der Waals surface area contributed by atoms with Crippen molar-refractivity contribution in [3.8, 4) is 0 Å². The second-order valence-electron chi connectivity index (χ2n) is 6.59. The fourth-order valence-electron chi connectivity index (χ4n) is 3.23. The van der Waals surface area contributed by atoms with Crippen molar-refractivity contribution in [3.63, 3.8) is 0 Å². The summed E-state index contributed by atoms with van der Waals surface area (Å²) in [4.78, 5) is 36.2. The van der Waals surface area contributed by atoms with Gasteiger partial charge in [0.05, 0.1) is 22.3 Å². The number of hydrogen-bond donors (Lipinski definition) is 2. The summed E-state index contributed by atoms with van der Waals surface area (Å²) in [5.74, 6) is -1.31. The number of amides is 2. The van der Waals surface area contributed by atoms with Crippen LogP contribution in [0.2, 0.25) is 0 Å². The molecule has 0 unspecified atom stereocenters. The molecule has 2 aromatic carbocycles. The lowest BCUT2D eigenvalue weighted by atomic mass is 10.1. The number of rotatable bonds is 5. The van der Waals surface area contributed by atoms with Gasteiger partial charge in [0, 0.05) is 19.2 Å². The third-order valence-electron chi connectivity index (χ3n) is 4.46. The fourth-order valence-corrected chi connectivity index (χ4v) is 3.23. The van der Waals surface area contributed by atoms with Crippen LogP contribution in [0.4, 0.5) is 24.5 Å². The van der Waals surface area contributed by atoms with Gasteiger partial charge >= 0.3 is 11.9 Å². The Morgan fingerprint density at radius 1 is 1.00 bits per heavy atom. The number of para-hydroxylation sites is 2. The smallest absolute Gasteiger partial charge is 0.326 e. The second kappa shape index (κ2) is 8.05. The molecule has 0 spiro atoms. The standard InChI is InChI=1S/C20H19F3N4O3/c1-3-26-16-6-4-5-7-17(16)27(19(26)30)11-18(29)25-15-9-8-13(24-12(2)28)10-14(15)20(21,22)23/h4-10H,3,11H2,1-2H3,(H,24,28)(H,25,29). The number of hydrogen-bond acceptors (Lipinski definition) is 3. The molecule has 10 heteroatoms. The molecule has 3 rings (SSSR count). The first-order valence-corrected chi connectivity index (χ1v) is 9.08. The van der Waals surface area contributed by atoms with Gasteiger partial charge in [-0.2, -0.15) is 13.2 Å². The molecular formula is C20H19F3N4O3. The number of carbonyl (C=O) groups is 2. The highest BCUT2D eigenvalue weighted by molar-refractivity contribution is 5.94. The number of fused-ring (bicyclic) bond motifs is 1. The number of carbonyl (C=O) groups excluding carboxylic acids is 2. The molecule has 1 aromatic heterocycles. The predicted octanol–water partition coefficient (Wildman–Crippen LogP) is 3.44. The maximum absolute atomic E-state index is 13.4. The van der Waals surface area contributed by atoms with E-state index in [1.165, 1.54) is 22.1 Å². The predicted molar refractivity (Wildman–Crippen MR) is 106 cm³/mol. The van der Waals surface area contributed by atoms with E-state index in [-0.39, 0.29) is 5.69 Å². The van der Waals surface area contributed by atoms with Gasteiger partial charge in [-0.3, -0.25) is 18.7 Å². The summed E-state index contributed by atoms with van der Waals surface area (Å²) in [7, 11) is 0. The molecule has 0 bridgehead atoms. The van der Waals surface area contributed by atoms with Gasteiger partial charge in [-0.05, 0) is 37.3 Å². The molecule has 0 aliphatic carbocycles. The summed E-state index contributed by atoms with van der Waals surface area (Å²) in [6.45, 7) is 2.89. The molecule has 0 atom stereocenters. The average molecular weight is 420 g/mol. The molecule has 158 valence electrons. The third kappa shape index (κ3) is 4.22. The van der Waals surface area contributed by atoms with Crippen LogP contribution in [0, 0.1) is 0 Å². The molecule has 1 heterocycles. The van der Waals surface area contributed by atoms with Crippen LogP contribution in [0.1, 0.15) is 19.4 Å². The number of alkyl halides is 3. The van der Waals surface area contributed by atoms with Crippen molar-refractivity contribution in [1.29, 1.82) is 0 Å². The van der Waals surface area contributed by atoms with Crippen molar-refractivity contribution in [3.05, 3.63) is 58.5 Å². The van der Waals surface area contributed by atoms with Gasteiger partial charge < -0.3 is 10.6 Å². The molecule has 3 aromatic rings. The Morgan fingerprint density at radius 2 is 1.63 bits per heavy atom. The second-order valence-corrected chi connectivity index (χ2v) is 6.59. The van der Waals surface area contributed by atoms with E-state index in [0.717, 1.165) is 12.1 Å². The Morgan fingerprint density at radius 3 is 2.20 bits per heavy atom. The van der Waals surface area contributed by atoms with Crippen molar-refractivity contribution < 1.29 is 22.8 Å². The van der Waals surface area contributed by atoms with E-state index >= 15 is 0 Å². The number of imidazole rings is 1. The molecule has 2 N–H and O–H groups in total. The van der Waals surface area contributed by atoms with Crippen LogP contribution < -0.4 is 16.3 Å². The topological polar surface area (TPSA) is 85.1 Å². The summed E-state index contributed by atoms with van der Waals surface area (Å²) in [5.41, 5.74) is -0.898. The Labute approximate surface area is 169 Å². The van der Waals surface area contributed by atoms with E-state index in [1.54, 1.807) is 31.2 Å². The average Bonchev–Trinajstić information content (AvgIpc) is 2.93. The fraction of sp³-hybridized carbons (Fsp3) is 0.250. The molecule has 0 saturated carbocycles. The van der Waals surface area contributed by atoms with E-state index < -0.39 is 41.5 Å². The third-order valence-corrected chi connectivity index (χ3v) is 4.46. The first-order chi connectivity index (χ1) is 14.1. The van der Waals surface area contributed by atoms with Crippen molar-refractivity contribution in [2.45, 2.75) is 33.1 Å². The van der Waals surface area contributed by atoms with Crippen molar-refractivity contribution >= 4 is 34.2 Å². The molecule has 0 fully saturated rings. The maximum Gasteiger partial charge on any atom is 0.418 e. The zero-order chi connectivity index (χ0) is 22.1. The highest BCUT2D eigenvalue weighted by Crippen LogP contribution is 2.36. The zero-order valence-electron chi connectivity index (χ0n) is 16.2. The lowest BCUT2D eigenvalue weighted by molar-refractivity contribution is -0.137. The number of aromatic nitrogens is 2. The summed E-state index contributed by atoms with van der Waals surface area (Å²) < 4.78 is 43.0. The lowest BCUT2D eigenvalue weighted by Crippen LogP contribution is -2.29. The number of nitrogens with one attached hydrogen (secondary N) is 2. The number of nitrogens with zero attached hydrogens (tertiary/aromatic N) is 2. The highest BCUT2D eigenvalue weighted by atomic mass is 19.4. The Kier molecular flexibility index (Phi) is 5.68. The van der Waals surface area contributed by atoms with Crippen molar-refractivity contribution in [2.75, 3.05) is 10.6 Å². The molecule has 2 amide bonds. The van der Waals surface area contributed by atoms with Crippen LogP contribution in [0.15, 0.2) is 47.3 Å². The minimum Gasteiger partial charge on any atom is -0.326 e. The molecule has 7 nitrogen and oxygen atoms in total. The van der Waals surface area contributed by atoms with Gasteiger partial charge in [0.15, 0.2) is 0 Å². The van der Waals surface area contributed by atoms with Crippen LogP contribution in [0.25, 0.3) is 11.0 Å². The van der Waals surface area contributed by atoms with Gasteiger partial charge in [-0.25, -0.2) is 4.79 Å². The molecular weight excluding hydrogens is 401 g/mol.